The van der Waals surface area contributed by atoms with Gasteiger partial charge in [0, 0.05) is 18.8 Å². The highest BCUT2D eigenvalue weighted by atomic mass is 16.5. The maximum atomic E-state index is 12.8. The van der Waals surface area contributed by atoms with Gasteiger partial charge in [0.1, 0.15) is 17.4 Å². The van der Waals surface area contributed by atoms with E-state index in [-0.39, 0.29) is 18.1 Å². The number of aromatic nitrogens is 3. The SMILES string of the molecule is Cc1cnc2c(C(=O)N[C@@H]3COCC[C@@H]3Oc3ccccc3)cnn2c1. The van der Waals surface area contributed by atoms with E-state index in [1.165, 1.54) is 6.20 Å². The predicted octanol–water partition coefficient (Wildman–Crippen LogP) is 2.00. The molecule has 1 aliphatic heterocycles. The van der Waals surface area contributed by atoms with E-state index in [9.17, 15) is 4.79 Å². The van der Waals surface area contributed by atoms with Gasteiger partial charge in [0.2, 0.25) is 0 Å². The van der Waals surface area contributed by atoms with E-state index in [4.69, 9.17) is 9.47 Å². The number of carbonyl (C=O) groups excluding carboxylic acids is 1. The average Bonchev–Trinajstić information content (AvgIpc) is 3.07. The Morgan fingerprint density at radius 2 is 2.15 bits per heavy atom. The van der Waals surface area contributed by atoms with Crippen molar-refractivity contribution in [3.63, 3.8) is 0 Å². The molecule has 3 heterocycles. The Kier molecular flexibility index (Phi) is 4.53. The highest BCUT2D eigenvalue weighted by molar-refractivity contribution is 5.99. The fourth-order valence-corrected chi connectivity index (χ4v) is 3.04. The number of hydrogen-bond donors (Lipinski definition) is 1. The van der Waals surface area contributed by atoms with Crippen LogP contribution in [0.5, 0.6) is 5.75 Å². The first-order valence-electron chi connectivity index (χ1n) is 8.61. The predicted molar refractivity (Wildman–Crippen MR) is 95.3 cm³/mol. The lowest BCUT2D eigenvalue weighted by molar-refractivity contribution is -0.00286. The van der Waals surface area contributed by atoms with Crippen LogP contribution in [0.2, 0.25) is 0 Å². The van der Waals surface area contributed by atoms with E-state index < -0.39 is 0 Å². The van der Waals surface area contributed by atoms with Crippen LogP contribution in [0.1, 0.15) is 22.3 Å². The van der Waals surface area contributed by atoms with Gasteiger partial charge in [0.05, 0.1) is 25.5 Å². The highest BCUT2D eigenvalue weighted by Crippen LogP contribution is 2.18. The lowest BCUT2D eigenvalue weighted by atomic mass is 10.1. The first-order chi connectivity index (χ1) is 12.7. The number of para-hydroxylation sites is 1. The van der Waals surface area contributed by atoms with Crippen LogP contribution in [0.3, 0.4) is 0 Å². The molecule has 1 amide bonds. The molecule has 1 aliphatic rings. The molecule has 4 rings (SSSR count). The molecule has 1 fully saturated rings. The van der Waals surface area contributed by atoms with Gasteiger partial charge in [-0.25, -0.2) is 9.50 Å². The van der Waals surface area contributed by atoms with Gasteiger partial charge in [-0.2, -0.15) is 5.10 Å². The molecule has 0 radical (unpaired) electrons. The molecule has 0 spiro atoms. The number of amides is 1. The van der Waals surface area contributed by atoms with E-state index in [2.05, 4.69) is 15.4 Å². The molecule has 2 atom stereocenters. The topological polar surface area (TPSA) is 77.8 Å². The van der Waals surface area contributed by atoms with Gasteiger partial charge in [-0.05, 0) is 24.6 Å². The normalized spacial score (nSPS) is 20.0. The molecular formula is C19H20N4O3. The lowest BCUT2D eigenvalue weighted by Gasteiger charge is -2.32. The molecule has 7 heteroatoms. The number of fused-ring (bicyclic) bond motifs is 1. The van der Waals surface area contributed by atoms with E-state index in [0.29, 0.717) is 30.8 Å². The van der Waals surface area contributed by atoms with Crippen molar-refractivity contribution in [2.45, 2.75) is 25.5 Å². The molecule has 2 aromatic heterocycles. The van der Waals surface area contributed by atoms with E-state index in [1.807, 2.05) is 43.5 Å². The largest absolute Gasteiger partial charge is 0.488 e. The third kappa shape index (κ3) is 3.39. The number of aryl methyl sites for hydroxylation is 1. The van der Waals surface area contributed by atoms with E-state index >= 15 is 0 Å². The van der Waals surface area contributed by atoms with Gasteiger partial charge in [0.15, 0.2) is 5.65 Å². The molecule has 0 aliphatic carbocycles. The van der Waals surface area contributed by atoms with Gasteiger partial charge in [-0.15, -0.1) is 0 Å². The summed E-state index contributed by atoms with van der Waals surface area (Å²) >= 11 is 0. The maximum Gasteiger partial charge on any atom is 0.257 e. The van der Waals surface area contributed by atoms with Gasteiger partial charge < -0.3 is 14.8 Å². The summed E-state index contributed by atoms with van der Waals surface area (Å²) in [5, 5.41) is 7.23. The van der Waals surface area contributed by atoms with Crippen molar-refractivity contribution < 1.29 is 14.3 Å². The smallest absolute Gasteiger partial charge is 0.257 e. The summed E-state index contributed by atoms with van der Waals surface area (Å²) in [6.45, 7) is 2.95. The minimum Gasteiger partial charge on any atom is -0.488 e. The zero-order valence-electron chi connectivity index (χ0n) is 14.5. The second-order valence-electron chi connectivity index (χ2n) is 6.37. The molecule has 134 valence electrons. The summed E-state index contributed by atoms with van der Waals surface area (Å²) in [5.41, 5.74) is 1.95. The number of nitrogens with one attached hydrogen (secondary N) is 1. The Hall–Kier alpha value is -2.93. The Morgan fingerprint density at radius 3 is 3.00 bits per heavy atom. The van der Waals surface area contributed by atoms with E-state index in [1.54, 1.807) is 10.7 Å². The number of benzene rings is 1. The molecule has 0 unspecified atom stereocenters. The molecular weight excluding hydrogens is 332 g/mol. The van der Waals surface area contributed by atoms with E-state index in [0.717, 1.165) is 11.3 Å². The number of rotatable bonds is 4. The van der Waals surface area contributed by atoms with Crippen LogP contribution >= 0.6 is 0 Å². The van der Waals surface area contributed by atoms with Crippen molar-refractivity contribution in [1.82, 2.24) is 19.9 Å². The minimum absolute atomic E-state index is 0.146. The zero-order valence-corrected chi connectivity index (χ0v) is 14.5. The number of carbonyl (C=O) groups is 1. The highest BCUT2D eigenvalue weighted by Gasteiger charge is 2.30. The van der Waals surface area contributed by atoms with Gasteiger partial charge in [-0.1, -0.05) is 18.2 Å². The third-order valence-corrected chi connectivity index (χ3v) is 4.37. The summed E-state index contributed by atoms with van der Waals surface area (Å²) in [7, 11) is 0. The van der Waals surface area contributed by atoms with Crippen molar-refractivity contribution >= 4 is 11.6 Å². The summed E-state index contributed by atoms with van der Waals surface area (Å²) in [6, 6.07) is 9.37. The molecule has 1 N–H and O–H groups in total. The Balaban J connectivity index is 1.51. The molecule has 3 aromatic rings. The fourth-order valence-electron chi connectivity index (χ4n) is 3.04. The van der Waals surface area contributed by atoms with Crippen LogP contribution in [0.25, 0.3) is 5.65 Å². The van der Waals surface area contributed by atoms with Crippen molar-refractivity contribution in [2.75, 3.05) is 13.2 Å². The second kappa shape index (κ2) is 7.13. The quantitative estimate of drug-likeness (QED) is 0.777. The van der Waals surface area contributed by atoms with Crippen molar-refractivity contribution in [1.29, 1.82) is 0 Å². The first kappa shape index (κ1) is 16.5. The lowest BCUT2D eigenvalue weighted by Crippen LogP contribution is -2.51. The van der Waals surface area contributed by atoms with Crippen molar-refractivity contribution in [3.8, 4) is 5.75 Å². The van der Waals surface area contributed by atoms with Crippen LogP contribution in [0.15, 0.2) is 48.9 Å². The maximum absolute atomic E-state index is 12.8. The molecule has 26 heavy (non-hydrogen) atoms. The monoisotopic (exact) mass is 352 g/mol. The molecule has 0 bridgehead atoms. The standard InChI is InChI=1S/C19H20N4O3/c1-13-9-20-18-15(10-21-23(18)11-13)19(24)22-16-12-25-8-7-17(16)26-14-5-3-2-4-6-14/h2-6,9-11,16-17H,7-8,12H2,1H3,(H,22,24)/t16-,17+/m1/s1. The van der Waals surface area contributed by atoms with Crippen molar-refractivity contribution in [3.05, 3.63) is 60.0 Å². The Bertz CT molecular complexity index is 910. The molecule has 7 nitrogen and oxygen atoms in total. The Morgan fingerprint density at radius 1 is 1.31 bits per heavy atom. The van der Waals surface area contributed by atoms with Crippen LogP contribution in [-0.4, -0.2) is 45.9 Å². The molecule has 1 aromatic carbocycles. The summed E-state index contributed by atoms with van der Waals surface area (Å²) in [5.74, 6) is 0.556. The molecule has 1 saturated heterocycles. The van der Waals surface area contributed by atoms with Crippen LogP contribution in [-0.2, 0) is 4.74 Å². The van der Waals surface area contributed by atoms with Crippen molar-refractivity contribution in [2.24, 2.45) is 0 Å². The van der Waals surface area contributed by atoms with Crippen LogP contribution < -0.4 is 10.1 Å². The average molecular weight is 352 g/mol. The summed E-state index contributed by atoms with van der Waals surface area (Å²) < 4.78 is 13.2. The Labute approximate surface area is 151 Å². The fraction of sp³-hybridized carbons (Fsp3) is 0.316. The molecule has 0 saturated carbocycles. The number of nitrogens with zero attached hydrogens (tertiary/aromatic N) is 3. The summed E-state index contributed by atoms with van der Waals surface area (Å²) in [6.07, 6.45) is 5.66. The van der Waals surface area contributed by atoms with Crippen LogP contribution in [0.4, 0.5) is 0 Å². The number of hydrogen-bond acceptors (Lipinski definition) is 5. The zero-order chi connectivity index (χ0) is 17.9. The first-order valence-corrected chi connectivity index (χ1v) is 8.61. The number of ether oxygens (including phenoxy) is 2. The van der Waals surface area contributed by atoms with Gasteiger partial charge in [-0.3, -0.25) is 4.79 Å². The van der Waals surface area contributed by atoms with Gasteiger partial charge in [0.25, 0.3) is 5.91 Å². The minimum atomic E-state index is -0.239. The van der Waals surface area contributed by atoms with Gasteiger partial charge >= 0.3 is 0 Å². The second-order valence-corrected chi connectivity index (χ2v) is 6.37. The summed E-state index contributed by atoms with van der Waals surface area (Å²) in [4.78, 5) is 17.1. The third-order valence-electron chi connectivity index (χ3n) is 4.37. The van der Waals surface area contributed by atoms with Crippen LogP contribution in [0, 0.1) is 6.92 Å².